The van der Waals surface area contributed by atoms with E-state index in [2.05, 4.69) is 20.2 Å². The molecule has 1 unspecified atom stereocenters. The number of anilines is 4. The topological polar surface area (TPSA) is 93.1 Å². The van der Waals surface area contributed by atoms with E-state index in [-0.39, 0.29) is 23.4 Å². The molecule has 1 fully saturated rings. The molecule has 1 atom stereocenters. The molecule has 28 heavy (non-hydrogen) atoms. The summed E-state index contributed by atoms with van der Waals surface area (Å²) in [6, 6.07) is 10.9. The summed E-state index contributed by atoms with van der Waals surface area (Å²) in [7, 11) is 0. The van der Waals surface area contributed by atoms with Crippen LogP contribution in [-0.2, 0) is 6.18 Å². The molecule has 0 radical (unpaired) electrons. The molecule has 5 N–H and O–H groups in total. The molecule has 1 aliphatic rings. The van der Waals surface area contributed by atoms with Crippen LogP contribution in [0.1, 0.15) is 12.0 Å². The van der Waals surface area contributed by atoms with Gasteiger partial charge in [-0.05, 0) is 36.8 Å². The molecule has 0 saturated carbocycles. The summed E-state index contributed by atoms with van der Waals surface area (Å²) in [5.41, 5.74) is 11.7. The molecule has 6 nitrogen and oxygen atoms in total. The molecule has 3 aromatic rings. The van der Waals surface area contributed by atoms with E-state index in [9.17, 15) is 13.2 Å². The van der Waals surface area contributed by atoms with Gasteiger partial charge in [-0.3, -0.25) is 0 Å². The Labute approximate surface area is 159 Å². The monoisotopic (exact) mass is 388 g/mol. The Balaban J connectivity index is 1.75. The predicted molar refractivity (Wildman–Crippen MR) is 103 cm³/mol. The number of hydrogen-bond donors (Lipinski definition) is 3. The van der Waals surface area contributed by atoms with Crippen LogP contribution in [0.2, 0.25) is 0 Å². The Hall–Kier alpha value is -3.07. The number of nitrogen functional groups attached to an aromatic ring is 1. The maximum absolute atomic E-state index is 13.1. The van der Waals surface area contributed by atoms with Gasteiger partial charge in [-0.1, -0.05) is 12.1 Å². The van der Waals surface area contributed by atoms with Crippen LogP contribution in [-0.4, -0.2) is 29.1 Å². The number of aromatic nitrogens is 2. The zero-order valence-electron chi connectivity index (χ0n) is 14.9. The molecule has 1 saturated heterocycles. The highest BCUT2D eigenvalue weighted by molar-refractivity contribution is 5.91. The van der Waals surface area contributed by atoms with E-state index in [1.807, 2.05) is 24.3 Å². The first-order chi connectivity index (χ1) is 13.3. The van der Waals surface area contributed by atoms with Crippen LogP contribution in [0.25, 0.3) is 10.9 Å². The van der Waals surface area contributed by atoms with Crippen LogP contribution in [0.4, 0.5) is 36.3 Å². The van der Waals surface area contributed by atoms with Crippen molar-refractivity contribution in [1.82, 2.24) is 9.97 Å². The summed E-state index contributed by atoms with van der Waals surface area (Å²) < 4.78 is 39.2. The second-order valence-electron chi connectivity index (χ2n) is 6.85. The van der Waals surface area contributed by atoms with Gasteiger partial charge in [0.1, 0.15) is 5.82 Å². The Morgan fingerprint density at radius 1 is 1.11 bits per heavy atom. The van der Waals surface area contributed by atoms with Gasteiger partial charge in [0.25, 0.3) is 0 Å². The average molecular weight is 388 g/mol. The van der Waals surface area contributed by atoms with Crippen molar-refractivity contribution in [1.29, 1.82) is 0 Å². The third kappa shape index (κ3) is 3.65. The molecular formula is C19H19F3N6. The predicted octanol–water partition coefficient (Wildman–Crippen LogP) is 3.51. The SMILES string of the molecule is Nc1cc(Nc2nc(N3CCC(N)C3)c3ccccc3n2)cc(C(F)(F)F)c1. The molecule has 0 aliphatic carbocycles. The number of halogens is 3. The number of nitrogens with two attached hydrogens (primary N) is 2. The summed E-state index contributed by atoms with van der Waals surface area (Å²) in [5, 5.41) is 3.73. The fourth-order valence-corrected chi connectivity index (χ4v) is 3.35. The number of hydrogen-bond acceptors (Lipinski definition) is 6. The summed E-state index contributed by atoms with van der Waals surface area (Å²) >= 11 is 0. The molecule has 0 amide bonds. The van der Waals surface area contributed by atoms with Gasteiger partial charge < -0.3 is 21.7 Å². The van der Waals surface area contributed by atoms with Gasteiger partial charge in [-0.2, -0.15) is 18.2 Å². The van der Waals surface area contributed by atoms with Crippen LogP contribution >= 0.6 is 0 Å². The second-order valence-corrected chi connectivity index (χ2v) is 6.85. The Kier molecular flexibility index (Phi) is 4.46. The van der Waals surface area contributed by atoms with Crippen molar-refractivity contribution in [2.45, 2.75) is 18.6 Å². The van der Waals surface area contributed by atoms with E-state index >= 15 is 0 Å². The molecule has 1 aliphatic heterocycles. The number of alkyl halides is 3. The lowest BCUT2D eigenvalue weighted by Crippen LogP contribution is -2.27. The first kappa shape index (κ1) is 18.3. The molecule has 0 spiro atoms. The highest BCUT2D eigenvalue weighted by Crippen LogP contribution is 2.34. The number of fused-ring (bicyclic) bond motifs is 1. The quantitative estimate of drug-likeness (QED) is 0.595. The fourth-order valence-electron chi connectivity index (χ4n) is 3.35. The van der Waals surface area contributed by atoms with Crippen LogP contribution in [0.3, 0.4) is 0 Å². The van der Waals surface area contributed by atoms with Gasteiger partial charge in [0.05, 0.1) is 11.1 Å². The number of para-hydroxylation sites is 1. The first-order valence-electron chi connectivity index (χ1n) is 8.82. The van der Waals surface area contributed by atoms with Crippen molar-refractivity contribution in [3.05, 3.63) is 48.0 Å². The summed E-state index contributed by atoms with van der Waals surface area (Å²) in [6.45, 7) is 1.43. The molecule has 2 heterocycles. The molecule has 4 rings (SSSR count). The minimum atomic E-state index is -4.49. The minimum Gasteiger partial charge on any atom is -0.399 e. The lowest BCUT2D eigenvalue weighted by atomic mass is 10.1. The Bertz CT molecular complexity index is 1020. The highest BCUT2D eigenvalue weighted by atomic mass is 19.4. The molecule has 2 aromatic carbocycles. The maximum atomic E-state index is 13.1. The van der Waals surface area contributed by atoms with Crippen LogP contribution in [0.5, 0.6) is 0 Å². The smallest absolute Gasteiger partial charge is 0.399 e. The lowest BCUT2D eigenvalue weighted by molar-refractivity contribution is -0.137. The van der Waals surface area contributed by atoms with Crippen molar-refractivity contribution in [2.24, 2.45) is 5.73 Å². The standard InChI is InChI=1S/C19H19F3N6/c20-19(21,22)11-7-13(24)9-14(8-11)25-18-26-16-4-2-1-3-15(16)17(27-18)28-6-5-12(23)10-28/h1-4,7-9,12H,5-6,10,23-24H2,(H,25,26,27). The highest BCUT2D eigenvalue weighted by Gasteiger charge is 2.31. The van der Waals surface area contributed by atoms with Crippen molar-refractivity contribution in [3.8, 4) is 0 Å². The fraction of sp³-hybridized carbons (Fsp3) is 0.263. The largest absolute Gasteiger partial charge is 0.416 e. The van der Waals surface area contributed by atoms with Crippen molar-refractivity contribution >= 4 is 34.0 Å². The minimum absolute atomic E-state index is 0.00357. The lowest BCUT2D eigenvalue weighted by Gasteiger charge is -2.20. The Morgan fingerprint density at radius 2 is 1.89 bits per heavy atom. The van der Waals surface area contributed by atoms with Gasteiger partial charge >= 0.3 is 6.18 Å². The van der Waals surface area contributed by atoms with E-state index in [0.29, 0.717) is 17.9 Å². The van der Waals surface area contributed by atoms with E-state index in [1.54, 1.807) is 0 Å². The van der Waals surface area contributed by atoms with E-state index in [1.165, 1.54) is 6.07 Å². The number of nitrogens with one attached hydrogen (secondary N) is 1. The van der Waals surface area contributed by atoms with Crippen molar-refractivity contribution in [3.63, 3.8) is 0 Å². The zero-order valence-corrected chi connectivity index (χ0v) is 14.9. The Morgan fingerprint density at radius 3 is 2.61 bits per heavy atom. The van der Waals surface area contributed by atoms with Gasteiger partial charge in [0.15, 0.2) is 0 Å². The van der Waals surface area contributed by atoms with Gasteiger partial charge in [0, 0.05) is 35.9 Å². The number of benzene rings is 2. The van der Waals surface area contributed by atoms with Gasteiger partial charge in [-0.15, -0.1) is 0 Å². The molecule has 9 heteroatoms. The van der Waals surface area contributed by atoms with Gasteiger partial charge in [-0.25, -0.2) is 4.98 Å². The van der Waals surface area contributed by atoms with Crippen molar-refractivity contribution in [2.75, 3.05) is 29.0 Å². The number of rotatable bonds is 3. The number of nitrogens with zero attached hydrogens (tertiary/aromatic N) is 3. The third-order valence-corrected chi connectivity index (χ3v) is 4.65. The third-order valence-electron chi connectivity index (χ3n) is 4.65. The molecular weight excluding hydrogens is 369 g/mol. The molecule has 0 bridgehead atoms. The van der Waals surface area contributed by atoms with Crippen LogP contribution < -0.4 is 21.7 Å². The summed E-state index contributed by atoms with van der Waals surface area (Å²) in [6.07, 6.45) is -3.64. The van der Waals surface area contributed by atoms with Gasteiger partial charge in [0.2, 0.25) is 5.95 Å². The zero-order chi connectivity index (χ0) is 19.9. The van der Waals surface area contributed by atoms with E-state index < -0.39 is 11.7 Å². The second kappa shape index (κ2) is 6.83. The normalized spacial score (nSPS) is 17.3. The summed E-state index contributed by atoms with van der Waals surface area (Å²) in [4.78, 5) is 11.1. The van der Waals surface area contributed by atoms with Crippen LogP contribution in [0.15, 0.2) is 42.5 Å². The molecule has 146 valence electrons. The average Bonchev–Trinajstić information content (AvgIpc) is 3.06. The maximum Gasteiger partial charge on any atom is 0.416 e. The van der Waals surface area contributed by atoms with E-state index in [4.69, 9.17) is 11.5 Å². The molecule has 1 aromatic heterocycles. The van der Waals surface area contributed by atoms with E-state index in [0.717, 1.165) is 30.5 Å². The van der Waals surface area contributed by atoms with Crippen LogP contribution in [0, 0.1) is 0 Å². The van der Waals surface area contributed by atoms with Crippen molar-refractivity contribution < 1.29 is 13.2 Å². The summed E-state index contributed by atoms with van der Waals surface area (Å²) in [5.74, 6) is 0.911. The first-order valence-corrected chi connectivity index (χ1v) is 8.82.